The Hall–Kier alpha value is -2.95. The van der Waals surface area contributed by atoms with Gasteiger partial charge in [-0.2, -0.15) is 0 Å². The van der Waals surface area contributed by atoms with Gasteiger partial charge in [0.2, 0.25) is 5.91 Å². The molecule has 0 bridgehead atoms. The van der Waals surface area contributed by atoms with Gasteiger partial charge in [0.25, 0.3) is 11.5 Å². The molecule has 10 heteroatoms. The second kappa shape index (κ2) is 9.90. The minimum Gasteiger partial charge on any atom is -0.320 e. The van der Waals surface area contributed by atoms with Crippen LogP contribution in [-0.4, -0.2) is 36.9 Å². The quantitative estimate of drug-likeness (QED) is 0.391. The fourth-order valence-electron chi connectivity index (χ4n) is 3.51. The summed E-state index contributed by atoms with van der Waals surface area (Å²) in [5.41, 5.74) is 1.35. The number of hydrogen-bond donors (Lipinski definition) is 1. The van der Waals surface area contributed by atoms with E-state index in [0.29, 0.717) is 27.9 Å². The molecule has 0 saturated carbocycles. The number of amides is 2. The van der Waals surface area contributed by atoms with Gasteiger partial charge in [0.05, 0.1) is 16.3 Å². The van der Waals surface area contributed by atoms with Crippen molar-refractivity contribution in [2.75, 3.05) is 11.9 Å². The molecule has 2 aromatic heterocycles. The van der Waals surface area contributed by atoms with Gasteiger partial charge < -0.3 is 5.32 Å². The van der Waals surface area contributed by atoms with E-state index in [1.54, 1.807) is 30.0 Å². The third kappa shape index (κ3) is 4.87. The van der Waals surface area contributed by atoms with E-state index in [4.69, 9.17) is 12.2 Å². The maximum absolute atomic E-state index is 12.9. The Kier molecular flexibility index (Phi) is 6.96. The summed E-state index contributed by atoms with van der Waals surface area (Å²) in [6.07, 6.45) is 2.44. The SMILES string of the molecule is Cc1c(NC(=O)CCCN2C(=O)/C(=C\c3cccs3)SC2=S)c(=O)n(-c2ccccc2)n1C. The number of benzene rings is 1. The van der Waals surface area contributed by atoms with Crippen molar-refractivity contribution in [2.45, 2.75) is 19.8 Å². The largest absolute Gasteiger partial charge is 0.320 e. The standard InChI is InChI=1S/C23H22N4O3S3/c1-15-20(22(30)27(25(15)2)16-8-4-3-5-9-16)24-19(28)11-6-12-26-21(29)18(33-23(26)31)14-17-10-7-13-32-17/h3-5,7-10,13-14H,6,11-12H2,1-2H3,(H,24,28)/b18-14+. The van der Waals surface area contributed by atoms with E-state index >= 15 is 0 Å². The minimum absolute atomic E-state index is 0.136. The van der Waals surface area contributed by atoms with E-state index in [2.05, 4.69) is 5.32 Å². The second-order valence-corrected chi connectivity index (χ2v) is 10.1. The fraction of sp³-hybridized carbons (Fsp3) is 0.217. The molecule has 3 aromatic rings. The zero-order chi connectivity index (χ0) is 23.5. The molecule has 170 valence electrons. The van der Waals surface area contributed by atoms with E-state index in [-0.39, 0.29) is 29.5 Å². The number of carbonyl (C=O) groups is 2. The Morgan fingerprint density at radius 3 is 2.61 bits per heavy atom. The Balaban J connectivity index is 1.37. The Morgan fingerprint density at radius 1 is 1.15 bits per heavy atom. The van der Waals surface area contributed by atoms with E-state index < -0.39 is 0 Å². The number of para-hydroxylation sites is 1. The van der Waals surface area contributed by atoms with E-state index in [0.717, 1.165) is 10.6 Å². The molecule has 3 heterocycles. The molecule has 1 aromatic carbocycles. The number of hydrogen-bond acceptors (Lipinski definition) is 6. The van der Waals surface area contributed by atoms with Crippen LogP contribution < -0.4 is 10.9 Å². The van der Waals surface area contributed by atoms with Crippen molar-refractivity contribution in [3.05, 3.63) is 73.7 Å². The maximum atomic E-state index is 12.9. The highest BCUT2D eigenvalue weighted by Crippen LogP contribution is 2.33. The molecule has 0 unspecified atom stereocenters. The molecular formula is C23H22N4O3S3. The van der Waals surface area contributed by atoms with Crippen molar-refractivity contribution in [2.24, 2.45) is 7.05 Å². The average Bonchev–Trinajstić information content (AvgIpc) is 3.46. The number of nitrogens with zero attached hydrogens (tertiary/aromatic N) is 3. The van der Waals surface area contributed by atoms with Gasteiger partial charge in [-0.15, -0.1) is 11.3 Å². The first kappa shape index (κ1) is 23.2. The fourth-order valence-corrected chi connectivity index (χ4v) is 5.54. The summed E-state index contributed by atoms with van der Waals surface area (Å²) in [6.45, 7) is 2.14. The molecule has 2 amide bonds. The third-order valence-electron chi connectivity index (χ3n) is 5.29. The van der Waals surface area contributed by atoms with Gasteiger partial charge in [-0.1, -0.05) is 48.2 Å². The highest BCUT2D eigenvalue weighted by Gasteiger charge is 2.31. The highest BCUT2D eigenvalue weighted by molar-refractivity contribution is 8.26. The summed E-state index contributed by atoms with van der Waals surface area (Å²) >= 11 is 8.19. The lowest BCUT2D eigenvalue weighted by atomic mass is 10.2. The van der Waals surface area contributed by atoms with Gasteiger partial charge in [0.15, 0.2) is 0 Å². The van der Waals surface area contributed by atoms with Crippen molar-refractivity contribution in [1.29, 1.82) is 0 Å². The predicted molar refractivity (Wildman–Crippen MR) is 138 cm³/mol. The van der Waals surface area contributed by atoms with Crippen molar-refractivity contribution >= 4 is 63.2 Å². The van der Waals surface area contributed by atoms with Crippen LogP contribution in [0, 0.1) is 6.92 Å². The van der Waals surface area contributed by atoms with Crippen LogP contribution in [0.15, 0.2) is 57.5 Å². The Labute approximate surface area is 204 Å². The topological polar surface area (TPSA) is 76.3 Å². The summed E-state index contributed by atoms with van der Waals surface area (Å²) in [4.78, 5) is 41.3. The molecule has 1 aliphatic heterocycles. The number of thioether (sulfide) groups is 1. The molecule has 1 N–H and O–H groups in total. The summed E-state index contributed by atoms with van der Waals surface area (Å²) in [6, 6.07) is 13.1. The van der Waals surface area contributed by atoms with Crippen LogP contribution in [0.3, 0.4) is 0 Å². The van der Waals surface area contributed by atoms with Crippen molar-refractivity contribution in [3.63, 3.8) is 0 Å². The normalized spacial score (nSPS) is 15.0. The van der Waals surface area contributed by atoms with Crippen molar-refractivity contribution in [3.8, 4) is 5.69 Å². The van der Waals surface area contributed by atoms with Gasteiger partial charge >= 0.3 is 0 Å². The monoisotopic (exact) mass is 498 g/mol. The van der Waals surface area contributed by atoms with Gasteiger partial charge in [-0.3, -0.25) is 24.0 Å². The van der Waals surface area contributed by atoms with E-state index in [1.807, 2.05) is 53.9 Å². The molecule has 4 rings (SSSR count). The smallest absolute Gasteiger partial charge is 0.295 e. The predicted octanol–water partition coefficient (Wildman–Crippen LogP) is 4.17. The number of thiocarbonyl (C=S) groups is 1. The number of aromatic nitrogens is 2. The summed E-state index contributed by atoms with van der Waals surface area (Å²) in [7, 11) is 1.78. The molecule has 1 saturated heterocycles. The van der Waals surface area contributed by atoms with Gasteiger partial charge in [0, 0.05) is 24.9 Å². The Morgan fingerprint density at radius 2 is 1.91 bits per heavy atom. The molecular weight excluding hydrogens is 476 g/mol. The summed E-state index contributed by atoms with van der Waals surface area (Å²) < 4.78 is 3.73. The highest BCUT2D eigenvalue weighted by atomic mass is 32.2. The maximum Gasteiger partial charge on any atom is 0.295 e. The molecule has 33 heavy (non-hydrogen) atoms. The molecule has 0 atom stereocenters. The number of anilines is 1. The number of carbonyl (C=O) groups excluding carboxylic acids is 2. The van der Waals surface area contributed by atoms with Crippen LogP contribution in [0.5, 0.6) is 0 Å². The first-order valence-corrected chi connectivity index (χ1v) is 12.4. The van der Waals surface area contributed by atoms with Crippen LogP contribution in [0.2, 0.25) is 0 Å². The first-order valence-electron chi connectivity index (χ1n) is 10.3. The molecule has 0 aliphatic carbocycles. The lowest BCUT2D eigenvalue weighted by Gasteiger charge is -2.13. The van der Waals surface area contributed by atoms with Gasteiger partial charge in [-0.05, 0) is 43.0 Å². The number of thiophene rings is 1. The lowest BCUT2D eigenvalue weighted by Crippen LogP contribution is -2.30. The molecule has 1 fully saturated rings. The molecule has 0 radical (unpaired) electrons. The van der Waals surface area contributed by atoms with Crippen LogP contribution in [0.25, 0.3) is 11.8 Å². The molecule has 7 nitrogen and oxygen atoms in total. The molecule has 1 aliphatic rings. The number of nitrogens with one attached hydrogen (secondary N) is 1. The second-order valence-electron chi connectivity index (χ2n) is 7.44. The average molecular weight is 499 g/mol. The van der Waals surface area contributed by atoms with Crippen molar-refractivity contribution in [1.82, 2.24) is 14.3 Å². The van der Waals surface area contributed by atoms with E-state index in [1.165, 1.54) is 21.3 Å². The van der Waals surface area contributed by atoms with Gasteiger partial charge in [0.1, 0.15) is 10.0 Å². The zero-order valence-corrected chi connectivity index (χ0v) is 20.6. The third-order valence-corrected chi connectivity index (χ3v) is 7.49. The lowest BCUT2D eigenvalue weighted by molar-refractivity contribution is -0.122. The summed E-state index contributed by atoms with van der Waals surface area (Å²) in [5, 5.41) is 4.70. The number of rotatable bonds is 7. The van der Waals surface area contributed by atoms with Crippen LogP contribution >= 0.6 is 35.3 Å². The minimum atomic E-state index is -0.287. The van der Waals surface area contributed by atoms with E-state index in [9.17, 15) is 14.4 Å². The van der Waals surface area contributed by atoms with Crippen LogP contribution in [0.1, 0.15) is 23.4 Å². The van der Waals surface area contributed by atoms with Crippen molar-refractivity contribution < 1.29 is 9.59 Å². The summed E-state index contributed by atoms with van der Waals surface area (Å²) in [5.74, 6) is -0.413. The van der Waals surface area contributed by atoms with Crippen LogP contribution in [-0.2, 0) is 16.6 Å². The first-order chi connectivity index (χ1) is 15.9. The molecule has 0 spiro atoms. The van der Waals surface area contributed by atoms with Gasteiger partial charge in [-0.25, -0.2) is 4.68 Å². The Bertz CT molecular complexity index is 1290. The van der Waals surface area contributed by atoms with Crippen LogP contribution in [0.4, 0.5) is 5.69 Å². The zero-order valence-electron chi connectivity index (χ0n) is 18.1.